The fourth-order valence-electron chi connectivity index (χ4n) is 3.93. The van der Waals surface area contributed by atoms with Crippen LogP contribution in [0.2, 0.25) is 0 Å². The molecule has 146 valence electrons. The van der Waals surface area contributed by atoms with Gasteiger partial charge in [-0.3, -0.25) is 4.79 Å². The first-order valence-corrected chi connectivity index (χ1v) is 9.64. The summed E-state index contributed by atoms with van der Waals surface area (Å²) in [5, 5.41) is 24.0. The van der Waals surface area contributed by atoms with Crippen LogP contribution in [0.1, 0.15) is 49.9 Å². The van der Waals surface area contributed by atoms with E-state index >= 15 is 0 Å². The van der Waals surface area contributed by atoms with Crippen molar-refractivity contribution in [3.05, 3.63) is 35.7 Å². The van der Waals surface area contributed by atoms with Gasteiger partial charge in [-0.05, 0) is 43.4 Å². The molecule has 2 heterocycles. The highest BCUT2D eigenvalue weighted by atomic mass is 16.4. The van der Waals surface area contributed by atoms with Gasteiger partial charge in [0.05, 0.1) is 5.92 Å². The number of H-pyrrole nitrogens is 1. The van der Waals surface area contributed by atoms with Crippen molar-refractivity contribution in [2.24, 2.45) is 11.7 Å². The van der Waals surface area contributed by atoms with Crippen molar-refractivity contribution in [3.63, 3.8) is 0 Å². The number of carboxylic acids is 1. The Hall–Kier alpha value is -2.48. The van der Waals surface area contributed by atoms with Crippen molar-refractivity contribution in [2.75, 3.05) is 18.0 Å². The van der Waals surface area contributed by atoms with Gasteiger partial charge in [-0.15, -0.1) is 10.2 Å². The maximum Gasteiger partial charge on any atom is 0.307 e. The first kappa shape index (κ1) is 19.3. The smallest absolute Gasteiger partial charge is 0.307 e. The summed E-state index contributed by atoms with van der Waals surface area (Å²) < 4.78 is 0. The number of aromatic nitrogens is 4. The van der Waals surface area contributed by atoms with Crippen LogP contribution in [0.3, 0.4) is 0 Å². The Labute approximate surface area is 159 Å². The molecule has 2 aromatic rings. The highest BCUT2D eigenvalue weighted by Gasteiger charge is 2.32. The lowest BCUT2D eigenvalue weighted by atomic mass is 9.83. The number of hydrogen-bond donors (Lipinski definition) is 3. The molecule has 4 N–H and O–H groups in total. The second-order valence-electron chi connectivity index (χ2n) is 7.33. The number of aliphatic carboxylic acids is 1. The number of tetrazole rings is 1. The molecule has 1 aromatic heterocycles. The third-order valence-corrected chi connectivity index (χ3v) is 5.29. The molecule has 8 nitrogen and oxygen atoms in total. The molecule has 1 aliphatic heterocycles. The Kier molecular flexibility index (Phi) is 6.39. The van der Waals surface area contributed by atoms with Crippen LogP contribution < -0.4 is 10.6 Å². The normalized spacial score (nSPS) is 19.6. The minimum atomic E-state index is -0.815. The topological polar surface area (TPSA) is 121 Å². The van der Waals surface area contributed by atoms with Crippen LogP contribution in [0.5, 0.6) is 0 Å². The molecule has 0 bridgehead atoms. The molecule has 8 heteroatoms. The lowest BCUT2D eigenvalue weighted by Crippen LogP contribution is -2.42. The van der Waals surface area contributed by atoms with Gasteiger partial charge in [-0.1, -0.05) is 30.7 Å². The summed E-state index contributed by atoms with van der Waals surface area (Å²) in [6.45, 7) is 3.84. The summed E-state index contributed by atoms with van der Waals surface area (Å²) >= 11 is 0. The van der Waals surface area contributed by atoms with Crippen molar-refractivity contribution in [1.29, 1.82) is 0 Å². The number of nitrogens with zero attached hydrogens (tertiary/aromatic N) is 4. The summed E-state index contributed by atoms with van der Waals surface area (Å²) in [7, 11) is 0. The molecular formula is C19H28N6O2. The Morgan fingerprint density at radius 1 is 1.48 bits per heavy atom. The monoisotopic (exact) mass is 372 g/mol. The third kappa shape index (κ3) is 4.82. The van der Waals surface area contributed by atoms with Gasteiger partial charge >= 0.3 is 5.97 Å². The van der Waals surface area contributed by atoms with Gasteiger partial charge in [-0.2, -0.15) is 5.21 Å². The third-order valence-electron chi connectivity index (χ3n) is 5.29. The molecule has 1 saturated heterocycles. The van der Waals surface area contributed by atoms with E-state index in [9.17, 15) is 9.90 Å². The molecule has 3 rings (SSSR count). The van der Waals surface area contributed by atoms with E-state index in [0.29, 0.717) is 18.7 Å². The number of nitrogens with two attached hydrogens (primary N) is 1. The van der Waals surface area contributed by atoms with Crippen LogP contribution in [0, 0.1) is 5.92 Å². The van der Waals surface area contributed by atoms with E-state index < -0.39 is 11.9 Å². The minimum absolute atomic E-state index is 0.204. The first-order valence-electron chi connectivity index (χ1n) is 9.64. The number of anilines is 1. The van der Waals surface area contributed by atoms with E-state index in [1.165, 1.54) is 0 Å². The quantitative estimate of drug-likeness (QED) is 0.647. The van der Waals surface area contributed by atoms with Crippen molar-refractivity contribution in [3.8, 4) is 0 Å². The van der Waals surface area contributed by atoms with Crippen molar-refractivity contribution in [1.82, 2.24) is 20.6 Å². The lowest BCUT2D eigenvalue weighted by molar-refractivity contribution is -0.142. The Morgan fingerprint density at radius 3 is 3.00 bits per heavy atom. The molecule has 0 saturated carbocycles. The van der Waals surface area contributed by atoms with Crippen LogP contribution >= 0.6 is 0 Å². The number of benzene rings is 1. The number of nitrogens with one attached hydrogen (secondary N) is 1. The fourth-order valence-corrected chi connectivity index (χ4v) is 3.93. The summed E-state index contributed by atoms with van der Waals surface area (Å²) in [6, 6.07) is 8.48. The van der Waals surface area contributed by atoms with Crippen LogP contribution in [0.25, 0.3) is 0 Å². The molecule has 0 amide bonds. The number of carbonyl (C=O) groups is 1. The van der Waals surface area contributed by atoms with Crippen molar-refractivity contribution < 1.29 is 9.90 Å². The molecule has 0 unspecified atom stereocenters. The standard InChI is InChI=1S/C19H28N6O2/c1-2-5-16(19(26)27)17(18-21-23-24-22-18)11-13-6-3-8-15(10-13)25-9-4-7-14(20)12-25/h3,6,8,10,14,16-17H,2,4-5,7,9,11-12,20H2,1H3,(H,26,27)(H,21,22,23,24)/t14-,16+,17+/m1/s1. The zero-order chi connectivity index (χ0) is 19.2. The highest BCUT2D eigenvalue weighted by molar-refractivity contribution is 5.71. The van der Waals surface area contributed by atoms with E-state index in [2.05, 4.69) is 37.7 Å². The number of piperidine rings is 1. The molecule has 0 spiro atoms. The van der Waals surface area contributed by atoms with Gasteiger partial charge in [0.15, 0.2) is 5.82 Å². The Balaban J connectivity index is 1.83. The van der Waals surface area contributed by atoms with Crippen LogP contribution in [0.4, 0.5) is 5.69 Å². The van der Waals surface area contributed by atoms with Crippen molar-refractivity contribution in [2.45, 2.75) is 51.0 Å². The first-order chi connectivity index (χ1) is 13.1. The fraction of sp³-hybridized carbons (Fsp3) is 0.579. The predicted octanol–water partition coefficient (Wildman–Crippen LogP) is 1.95. The van der Waals surface area contributed by atoms with Gasteiger partial charge in [0, 0.05) is 30.7 Å². The van der Waals surface area contributed by atoms with Gasteiger partial charge in [0.2, 0.25) is 0 Å². The second kappa shape index (κ2) is 8.94. The molecule has 0 radical (unpaired) electrons. The van der Waals surface area contributed by atoms with E-state index in [0.717, 1.165) is 43.6 Å². The predicted molar refractivity (Wildman–Crippen MR) is 103 cm³/mol. The number of carboxylic acid groups (broad SMARTS) is 1. The van der Waals surface area contributed by atoms with Gasteiger partial charge in [0.1, 0.15) is 0 Å². The molecule has 1 aliphatic rings. The molecule has 1 fully saturated rings. The Morgan fingerprint density at radius 2 is 2.33 bits per heavy atom. The van der Waals surface area contributed by atoms with Gasteiger partial charge in [0.25, 0.3) is 0 Å². The maximum atomic E-state index is 11.9. The van der Waals surface area contributed by atoms with E-state index in [1.807, 2.05) is 19.1 Å². The number of rotatable bonds is 8. The van der Waals surface area contributed by atoms with Crippen molar-refractivity contribution >= 4 is 11.7 Å². The van der Waals surface area contributed by atoms with Crippen LogP contribution in [-0.4, -0.2) is 50.8 Å². The lowest BCUT2D eigenvalue weighted by Gasteiger charge is -2.33. The summed E-state index contributed by atoms with van der Waals surface area (Å²) in [5.41, 5.74) is 8.33. The average molecular weight is 372 g/mol. The van der Waals surface area contributed by atoms with Crippen LogP contribution in [-0.2, 0) is 11.2 Å². The van der Waals surface area contributed by atoms with Gasteiger partial charge < -0.3 is 15.7 Å². The molecule has 3 atom stereocenters. The molecule has 1 aromatic carbocycles. The zero-order valence-electron chi connectivity index (χ0n) is 15.7. The largest absolute Gasteiger partial charge is 0.481 e. The zero-order valence-corrected chi connectivity index (χ0v) is 15.7. The maximum absolute atomic E-state index is 11.9. The molecule has 0 aliphatic carbocycles. The number of hydrogen-bond acceptors (Lipinski definition) is 6. The summed E-state index contributed by atoms with van der Waals surface area (Å²) in [5.74, 6) is -1.22. The average Bonchev–Trinajstić information content (AvgIpc) is 3.19. The Bertz CT molecular complexity index is 736. The van der Waals surface area contributed by atoms with E-state index in [-0.39, 0.29) is 12.0 Å². The summed E-state index contributed by atoms with van der Waals surface area (Å²) in [4.78, 5) is 14.2. The highest BCUT2D eigenvalue weighted by Crippen LogP contribution is 2.31. The van der Waals surface area contributed by atoms with Gasteiger partial charge in [-0.25, -0.2) is 0 Å². The SMILES string of the molecule is CCC[C@H](C(=O)O)[C@H](Cc1cccc(N2CCC[C@@H](N)C2)c1)c1nn[nH]n1. The second-order valence-corrected chi connectivity index (χ2v) is 7.33. The van der Waals surface area contributed by atoms with E-state index in [4.69, 9.17) is 5.73 Å². The molecule has 27 heavy (non-hydrogen) atoms. The molecular weight excluding hydrogens is 344 g/mol. The summed E-state index contributed by atoms with van der Waals surface area (Å²) in [6.07, 6.45) is 4.08. The van der Waals surface area contributed by atoms with Crippen LogP contribution in [0.15, 0.2) is 24.3 Å². The van der Waals surface area contributed by atoms with E-state index in [1.54, 1.807) is 0 Å². The minimum Gasteiger partial charge on any atom is -0.481 e. The number of aromatic amines is 1.